The average Bonchev–Trinajstić information content (AvgIpc) is 2.92. The molecule has 0 saturated heterocycles. The van der Waals surface area contributed by atoms with E-state index in [1.54, 1.807) is 12.1 Å². The highest BCUT2D eigenvalue weighted by Crippen LogP contribution is 2.28. The number of nitrogens with zero attached hydrogens (tertiary/aromatic N) is 1. The van der Waals surface area contributed by atoms with Crippen LogP contribution < -0.4 is 9.47 Å². The molecule has 0 aliphatic heterocycles. The fraction of sp³-hybridized carbons (Fsp3) is 0.444. The summed E-state index contributed by atoms with van der Waals surface area (Å²) in [6.07, 6.45) is 2.20. The monoisotopic (exact) mass is 183 g/mol. The van der Waals surface area contributed by atoms with Crippen LogP contribution in [0.1, 0.15) is 12.8 Å². The number of hydrogen-bond donors (Lipinski definition) is 0. The summed E-state index contributed by atoms with van der Waals surface area (Å²) in [5.74, 6) is -0.129. The first-order valence-electron chi connectivity index (χ1n) is 4.17. The molecule has 0 N–H and O–H groups in total. The van der Waals surface area contributed by atoms with Gasteiger partial charge in [-0.1, -0.05) is 0 Å². The maximum absolute atomic E-state index is 13.1. The van der Waals surface area contributed by atoms with Gasteiger partial charge in [0, 0.05) is 6.07 Å². The Bertz CT molecular complexity index is 312. The van der Waals surface area contributed by atoms with Crippen molar-refractivity contribution in [2.75, 3.05) is 7.11 Å². The molecular weight excluding hydrogens is 173 g/mol. The van der Waals surface area contributed by atoms with Gasteiger partial charge in [0.1, 0.15) is 0 Å². The van der Waals surface area contributed by atoms with Crippen molar-refractivity contribution in [3.8, 4) is 11.6 Å². The third kappa shape index (κ3) is 1.88. The molecule has 0 atom stereocenters. The van der Waals surface area contributed by atoms with E-state index in [0.717, 1.165) is 12.8 Å². The van der Waals surface area contributed by atoms with Crippen LogP contribution in [0.25, 0.3) is 0 Å². The second-order valence-corrected chi connectivity index (χ2v) is 2.96. The Hall–Kier alpha value is -1.32. The van der Waals surface area contributed by atoms with Gasteiger partial charge >= 0.3 is 0 Å². The second-order valence-electron chi connectivity index (χ2n) is 2.96. The summed E-state index contributed by atoms with van der Waals surface area (Å²) in [5, 5.41) is 0. The van der Waals surface area contributed by atoms with Gasteiger partial charge < -0.3 is 9.47 Å². The smallest absolute Gasteiger partial charge is 0.258 e. The van der Waals surface area contributed by atoms with Gasteiger partial charge in [-0.05, 0) is 18.9 Å². The molecular formula is C9H10FNO2. The summed E-state index contributed by atoms with van der Waals surface area (Å²) in [7, 11) is 1.45. The molecule has 0 spiro atoms. The summed E-state index contributed by atoms with van der Waals surface area (Å²) in [6, 6.07) is 3.13. The molecule has 0 radical (unpaired) electrons. The van der Waals surface area contributed by atoms with Gasteiger partial charge in [0.15, 0.2) is 5.75 Å². The molecule has 0 amide bonds. The molecule has 1 aromatic rings. The molecule has 13 heavy (non-hydrogen) atoms. The molecule has 1 aliphatic rings. The fourth-order valence-corrected chi connectivity index (χ4v) is 0.972. The van der Waals surface area contributed by atoms with Crippen LogP contribution in [0.5, 0.6) is 11.6 Å². The van der Waals surface area contributed by atoms with Crippen molar-refractivity contribution in [1.82, 2.24) is 4.98 Å². The van der Waals surface area contributed by atoms with Gasteiger partial charge in [-0.15, -0.1) is 0 Å². The lowest BCUT2D eigenvalue weighted by molar-refractivity contribution is 0.279. The topological polar surface area (TPSA) is 31.4 Å². The van der Waals surface area contributed by atoms with Gasteiger partial charge in [0.25, 0.3) is 5.95 Å². The lowest BCUT2D eigenvalue weighted by Gasteiger charge is -2.05. The van der Waals surface area contributed by atoms with Crippen molar-refractivity contribution in [2.24, 2.45) is 0 Å². The van der Waals surface area contributed by atoms with E-state index < -0.39 is 5.95 Å². The van der Waals surface area contributed by atoms with Crippen molar-refractivity contribution in [2.45, 2.75) is 18.9 Å². The molecule has 0 aromatic carbocycles. The van der Waals surface area contributed by atoms with Gasteiger partial charge in [-0.25, -0.2) is 0 Å². The number of ether oxygens (including phenoxy) is 2. The van der Waals surface area contributed by atoms with Crippen LogP contribution in [0, 0.1) is 5.95 Å². The fourth-order valence-electron chi connectivity index (χ4n) is 0.972. The quantitative estimate of drug-likeness (QED) is 0.669. The van der Waals surface area contributed by atoms with Gasteiger partial charge in [0.2, 0.25) is 5.88 Å². The van der Waals surface area contributed by atoms with Crippen LogP contribution in [-0.2, 0) is 0 Å². The van der Waals surface area contributed by atoms with E-state index in [2.05, 4.69) is 4.98 Å². The number of pyridine rings is 1. The first-order chi connectivity index (χ1) is 6.29. The zero-order chi connectivity index (χ0) is 9.26. The van der Waals surface area contributed by atoms with E-state index in [9.17, 15) is 4.39 Å². The molecule has 4 heteroatoms. The first-order valence-corrected chi connectivity index (χ1v) is 4.17. The molecule has 70 valence electrons. The lowest BCUT2D eigenvalue weighted by Crippen LogP contribution is -2.00. The Morgan fingerprint density at radius 2 is 2.23 bits per heavy atom. The highest BCUT2D eigenvalue weighted by atomic mass is 19.1. The number of hydrogen-bond acceptors (Lipinski definition) is 3. The molecule has 1 aliphatic carbocycles. The molecule has 1 aromatic heterocycles. The molecule has 2 rings (SSSR count). The number of aromatic nitrogens is 1. The number of rotatable bonds is 3. The van der Waals surface area contributed by atoms with E-state index in [1.807, 2.05) is 0 Å². The minimum absolute atomic E-state index is 0.185. The summed E-state index contributed by atoms with van der Waals surface area (Å²) < 4.78 is 23.1. The highest BCUT2D eigenvalue weighted by Gasteiger charge is 2.25. The van der Waals surface area contributed by atoms with Crippen LogP contribution in [0.4, 0.5) is 4.39 Å². The predicted octanol–water partition coefficient (Wildman–Crippen LogP) is 1.77. The average molecular weight is 183 g/mol. The second kappa shape index (κ2) is 3.20. The molecule has 0 unspecified atom stereocenters. The Labute approximate surface area is 75.5 Å². The standard InChI is InChI=1S/C9H10FNO2/c1-12-8-5-4-7(9(10)11-8)13-6-2-3-6/h4-6H,2-3H2,1H3. The third-order valence-corrected chi connectivity index (χ3v) is 1.82. The zero-order valence-corrected chi connectivity index (χ0v) is 7.29. The van der Waals surface area contributed by atoms with Crippen molar-refractivity contribution >= 4 is 0 Å². The van der Waals surface area contributed by atoms with E-state index >= 15 is 0 Å². The molecule has 1 heterocycles. The largest absolute Gasteiger partial charge is 0.486 e. The molecule has 1 fully saturated rings. The van der Waals surface area contributed by atoms with Crippen molar-refractivity contribution < 1.29 is 13.9 Å². The summed E-state index contributed by atoms with van der Waals surface area (Å²) in [6.45, 7) is 0. The Morgan fingerprint density at radius 3 is 2.77 bits per heavy atom. The molecule has 0 bridgehead atoms. The molecule has 1 saturated carbocycles. The predicted molar refractivity (Wildman–Crippen MR) is 44.4 cm³/mol. The minimum Gasteiger partial charge on any atom is -0.486 e. The van der Waals surface area contributed by atoms with Gasteiger partial charge in [-0.3, -0.25) is 0 Å². The summed E-state index contributed by atoms with van der Waals surface area (Å²) in [4.78, 5) is 3.56. The molecule has 3 nitrogen and oxygen atoms in total. The normalized spacial score (nSPS) is 15.5. The zero-order valence-electron chi connectivity index (χ0n) is 7.29. The van der Waals surface area contributed by atoms with Crippen LogP contribution in [0.2, 0.25) is 0 Å². The Kier molecular flexibility index (Phi) is 2.04. The van der Waals surface area contributed by atoms with E-state index in [-0.39, 0.29) is 17.7 Å². The van der Waals surface area contributed by atoms with Gasteiger partial charge in [-0.2, -0.15) is 9.37 Å². The van der Waals surface area contributed by atoms with Gasteiger partial charge in [0.05, 0.1) is 13.2 Å². The van der Waals surface area contributed by atoms with Crippen LogP contribution in [-0.4, -0.2) is 18.2 Å². The SMILES string of the molecule is COc1ccc(OC2CC2)c(F)n1. The summed E-state index contributed by atoms with van der Waals surface area (Å²) in [5.41, 5.74) is 0. The first kappa shape index (κ1) is 8.29. The maximum atomic E-state index is 13.1. The van der Waals surface area contributed by atoms with Crippen molar-refractivity contribution in [1.29, 1.82) is 0 Å². The van der Waals surface area contributed by atoms with E-state index in [4.69, 9.17) is 9.47 Å². The number of methoxy groups -OCH3 is 1. The van der Waals surface area contributed by atoms with Crippen molar-refractivity contribution in [3.05, 3.63) is 18.1 Å². The van der Waals surface area contributed by atoms with Crippen LogP contribution >= 0.6 is 0 Å². The Morgan fingerprint density at radius 1 is 1.46 bits per heavy atom. The summed E-state index contributed by atoms with van der Waals surface area (Å²) >= 11 is 0. The van der Waals surface area contributed by atoms with Crippen LogP contribution in [0.15, 0.2) is 12.1 Å². The highest BCUT2D eigenvalue weighted by molar-refractivity contribution is 5.25. The minimum atomic E-state index is -0.605. The van der Waals surface area contributed by atoms with Crippen LogP contribution in [0.3, 0.4) is 0 Å². The Balaban J connectivity index is 2.15. The van der Waals surface area contributed by atoms with E-state index in [1.165, 1.54) is 7.11 Å². The number of halogens is 1. The lowest BCUT2D eigenvalue weighted by atomic mass is 10.4. The van der Waals surface area contributed by atoms with E-state index in [0.29, 0.717) is 0 Å². The third-order valence-electron chi connectivity index (χ3n) is 1.82. The maximum Gasteiger partial charge on any atom is 0.258 e. The van der Waals surface area contributed by atoms with Crippen molar-refractivity contribution in [3.63, 3.8) is 0 Å².